The van der Waals surface area contributed by atoms with Gasteiger partial charge in [-0.2, -0.15) is 0 Å². The van der Waals surface area contributed by atoms with Gasteiger partial charge in [0.25, 0.3) is 5.91 Å². The monoisotopic (exact) mass is 463 g/mol. The Kier molecular flexibility index (Phi) is 7.50. The third-order valence-corrected chi connectivity index (χ3v) is 6.80. The van der Waals surface area contributed by atoms with E-state index in [4.69, 9.17) is 4.74 Å². The van der Waals surface area contributed by atoms with Gasteiger partial charge in [0.2, 0.25) is 11.8 Å². The number of carbonyl (C=O) groups excluding carboxylic acids is 3. The number of carbonyl (C=O) groups is 3. The van der Waals surface area contributed by atoms with Crippen molar-refractivity contribution in [3.63, 3.8) is 0 Å². The van der Waals surface area contributed by atoms with E-state index < -0.39 is 0 Å². The molecule has 0 aliphatic carbocycles. The smallest absolute Gasteiger partial charge is 0.260 e. The number of hydrogen-bond acceptors (Lipinski definition) is 4. The lowest BCUT2D eigenvalue weighted by Gasteiger charge is -2.38. The number of nitrogens with one attached hydrogen (secondary N) is 1. The van der Waals surface area contributed by atoms with Gasteiger partial charge >= 0.3 is 0 Å². The Hall–Kier alpha value is -3.35. The van der Waals surface area contributed by atoms with Crippen LogP contribution in [0.4, 0.5) is 5.69 Å². The molecule has 0 aromatic heterocycles. The third-order valence-electron chi connectivity index (χ3n) is 6.80. The summed E-state index contributed by atoms with van der Waals surface area (Å²) in [7, 11) is 0. The molecule has 2 aliphatic rings. The first-order valence-electron chi connectivity index (χ1n) is 12.1. The van der Waals surface area contributed by atoms with Crippen molar-refractivity contribution in [3.05, 3.63) is 60.2 Å². The molecule has 0 unspecified atom stereocenters. The standard InChI is InChI=1S/C27H33N3O4/c1-19-7-6-8-20(2)30(19)26(32)18-34-24-13-11-23(12-14-24)29-17-22(15-25(29)31)27(33)28-16-21-9-4-3-5-10-21/h3-5,9-14,19-20,22H,6-8,15-18H2,1-2H3,(H,28,33)/t19-,20+,22-/m1/s1. The highest BCUT2D eigenvalue weighted by molar-refractivity contribution is 6.00. The number of anilines is 1. The molecule has 2 aromatic rings. The quantitative estimate of drug-likeness (QED) is 0.682. The first-order valence-corrected chi connectivity index (χ1v) is 12.1. The lowest BCUT2D eigenvalue weighted by atomic mass is 9.97. The minimum Gasteiger partial charge on any atom is -0.484 e. The molecule has 0 bridgehead atoms. The highest BCUT2D eigenvalue weighted by atomic mass is 16.5. The van der Waals surface area contributed by atoms with Gasteiger partial charge in [0.15, 0.2) is 6.61 Å². The van der Waals surface area contributed by atoms with E-state index in [-0.39, 0.29) is 48.8 Å². The Labute approximate surface area is 201 Å². The molecule has 2 heterocycles. The van der Waals surface area contributed by atoms with Crippen molar-refractivity contribution in [2.75, 3.05) is 18.1 Å². The fraction of sp³-hybridized carbons (Fsp3) is 0.444. The molecule has 180 valence electrons. The van der Waals surface area contributed by atoms with Crippen molar-refractivity contribution in [1.82, 2.24) is 10.2 Å². The van der Waals surface area contributed by atoms with Gasteiger partial charge in [0, 0.05) is 37.3 Å². The lowest BCUT2D eigenvalue weighted by molar-refractivity contribution is -0.139. The van der Waals surface area contributed by atoms with Crippen molar-refractivity contribution in [3.8, 4) is 5.75 Å². The Morgan fingerprint density at radius 1 is 1.00 bits per heavy atom. The zero-order valence-corrected chi connectivity index (χ0v) is 19.9. The number of likely N-dealkylation sites (tertiary alicyclic amines) is 1. The zero-order valence-electron chi connectivity index (χ0n) is 19.9. The van der Waals surface area contributed by atoms with Gasteiger partial charge < -0.3 is 19.9 Å². The molecule has 2 aromatic carbocycles. The van der Waals surface area contributed by atoms with Crippen LogP contribution in [-0.2, 0) is 20.9 Å². The van der Waals surface area contributed by atoms with Gasteiger partial charge in [-0.25, -0.2) is 0 Å². The van der Waals surface area contributed by atoms with E-state index in [0.29, 0.717) is 18.8 Å². The summed E-state index contributed by atoms with van der Waals surface area (Å²) in [6, 6.07) is 17.3. The fourth-order valence-corrected chi connectivity index (χ4v) is 4.92. The number of ether oxygens (including phenoxy) is 1. The van der Waals surface area contributed by atoms with E-state index in [2.05, 4.69) is 19.2 Å². The predicted octanol–water partition coefficient (Wildman–Crippen LogP) is 3.52. The number of nitrogens with zero attached hydrogens (tertiary/aromatic N) is 2. The maximum atomic E-state index is 12.7. The molecule has 7 heteroatoms. The summed E-state index contributed by atoms with van der Waals surface area (Å²) in [5.41, 5.74) is 1.75. The summed E-state index contributed by atoms with van der Waals surface area (Å²) < 4.78 is 5.74. The highest BCUT2D eigenvalue weighted by Crippen LogP contribution is 2.27. The maximum absolute atomic E-state index is 12.7. The van der Waals surface area contributed by atoms with E-state index in [9.17, 15) is 14.4 Å². The molecule has 0 radical (unpaired) electrons. The average Bonchev–Trinajstić information content (AvgIpc) is 3.24. The van der Waals surface area contributed by atoms with E-state index >= 15 is 0 Å². The Morgan fingerprint density at radius 3 is 2.35 bits per heavy atom. The molecule has 3 amide bonds. The van der Waals surface area contributed by atoms with Crippen LogP contribution in [0.2, 0.25) is 0 Å². The molecular formula is C27H33N3O4. The number of amides is 3. The molecule has 2 saturated heterocycles. The summed E-state index contributed by atoms with van der Waals surface area (Å²) in [6.45, 7) is 4.97. The third kappa shape index (κ3) is 5.58. The van der Waals surface area contributed by atoms with Crippen LogP contribution < -0.4 is 15.0 Å². The van der Waals surface area contributed by atoms with Crippen molar-refractivity contribution in [2.45, 2.75) is 58.2 Å². The molecule has 2 aliphatic heterocycles. The van der Waals surface area contributed by atoms with E-state index in [1.807, 2.05) is 35.2 Å². The van der Waals surface area contributed by atoms with Gasteiger partial charge in [-0.1, -0.05) is 30.3 Å². The second kappa shape index (κ2) is 10.7. The van der Waals surface area contributed by atoms with Crippen molar-refractivity contribution >= 4 is 23.4 Å². The molecule has 3 atom stereocenters. The van der Waals surface area contributed by atoms with Crippen LogP contribution in [-0.4, -0.2) is 47.9 Å². The van der Waals surface area contributed by atoms with Crippen LogP contribution >= 0.6 is 0 Å². The molecule has 0 saturated carbocycles. The van der Waals surface area contributed by atoms with Crippen LogP contribution in [0.15, 0.2) is 54.6 Å². The van der Waals surface area contributed by atoms with Crippen LogP contribution in [0.3, 0.4) is 0 Å². The molecule has 0 spiro atoms. The first-order chi connectivity index (χ1) is 16.4. The van der Waals surface area contributed by atoms with E-state index in [0.717, 1.165) is 30.5 Å². The van der Waals surface area contributed by atoms with Crippen LogP contribution in [0.25, 0.3) is 0 Å². The molecule has 34 heavy (non-hydrogen) atoms. The molecule has 4 rings (SSSR count). The minimum atomic E-state index is -0.377. The Balaban J connectivity index is 1.29. The van der Waals surface area contributed by atoms with Crippen LogP contribution in [0, 0.1) is 5.92 Å². The van der Waals surface area contributed by atoms with Gasteiger partial charge in [-0.05, 0) is 62.9 Å². The normalized spacial score (nSPS) is 22.5. The Bertz CT molecular complexity index is 998. The topological polar surface area (TPSA) is 79.0 Å². The van der Waals surface area contributed by atoms with Crippen molar-refractivity contribution in [2.24, 2.45) is 5.92 Å². The summed E-state index contributed by atoms with van der Waals surface area (Å²) in [5.74, 6) is 0.0236. The molecule has 7 nitrogen and oxygen atoms in total. The first kappa shape index (κ1) is 23.8. The number of piperidine rings is 1. The fourth-order valence-electron chi connectivity index (χ4n) is 4.92. The van der Waals surface area contributed by atoms with E-state index in [1.54, 1.807) is 29.2 Å². The number of rotatable bonds is 7. The van der Waals surface area contributed by atoms with E-state index in [1.165, 1.54) is 0 Å². The van der Waals surface area contributed by atoms with Gasteiger partial charge in [-0.3, -0.25) is 14.4 Å². The van der Waals surface area contributed by atoms with Crippen molar-refractivity contribution in [1.29, 1.82) is 0 Å². The lowest BCUT2D eigenvalue weighted by Crippen LogP contribution is -2.49. The predicted molar refractivity (Wildman–Crippen MR) is 130 cm³/mol. The van der Waals surface area contributed by atoms with Gasteiger partial charge in [0.05, 0.1) is 5.92 Å². The number of hydrogen-bond donors (Lipinski definition) is 1. The van der Waals surface area contributed by atoms with Crippen LogP contribution in [0.1, 0.15) is 45.1 Å². The van der Waals surface area contributed by atoms with Crippen molar-refractivity contribution < 1.29 is 19.1 Å². The summed E-state index contributed by atoms with van der Waals surface area (Å²) in [6.07, 6.45) is 3.40. The number of benzene rings is 2. The molecule has 2 fully saturated rings. The summed E-state index contributed by atoms with van der Waals surface area (Å²) >= 11 is 0. The largest absolute Gasteiger partial charge is 0.484 e. The summed E-state index contributed by atoms with van der Waals surface area (Å²) in [5, 5.41) is 2.93. The zero-order chi connectivity index (χ0) is 24.1. The second-order valence-electron chi connectivity index (χ2n) is 9.32. The van der Waals surface area contributed by atoms with Crippen LogP contribution in [0.5, 0.6) is 5.75 Å². The van der Waals surface area contributed by atoms with Gasteiger partial charge in [-0.15, -0.1) is 0 Å². The molecule has 1 N–H and O–H groups in total. The highest BCUT2D eigenvalue weighted by Gasteiger charge is 2.35. The maximum Gasteiger partial charge on any atom is 0.260 e. The summed E-state index contributed by atoms with van der Waals surface area (Å²) in [4.78, 5) is 41.4. The SMILES string of the molecule is C[C@@H]1CCC[C@H](C)N1C(=O)COc1ccc(N2C[C@H](C(=O)NCc3ccccc3)CC2=O)cc1. The minimum absolute atomic E-state index is 0.000329. The second-order valence-corrected chi connectivity index (χ2v) is 9.32. The Morgan fingerprint density at radius 2 is 1.68 bits per heavy atom. The molecular weight excluding hydrogens is 430 g/mol. The van der Waals surface area contributed by atoms with Gasteiger partial charge in [0.1, 0.15) is 5.75 Å². The average molecular weight is 464 g/mol.